The quantitative estimate of drug-likeness (QED) is 0.697. The lowest BCUT2D eigenvalue weighted by Gasteiger charge is -2.17. The van der Waals surface area contributed by atoms with Crippen LogP contribution in [0.25, 0.3) is 0 Å². The topological polar surface area (TPSA) is 33.6 Å². The minimum Gasteiger partial charge on any atom is -0.361 e. The maximum absolute atomic E-state index is 4.94. The molecule has 0 saturated heterocycles. The lowest BCUT2D eigenvalue weighted by molar-refractivity contribution is 0.177. The molecule has 0 aliphatic carbocycles. The van der Waals surface area contributed by atoms with Gasteiger partial charge >= 0.3 is 0 Å². The van der Waals surface area contributed by atoms with Crippen LogP contribution in [0.2, 0.25) is 0 Å². The van der Waals surface area contributed by atoms with Gasteiger partial charge in [0.2, 0.25) is 5.88 Å². The molecule has 1 aliphatic heterocycles. The molecule has 0 unspecified atom stereocenters. The predicted molar refractivity (Wildman–Crippen MR) is 68.0 cm³/mol. The molecular formula is C13H24N2O. The molecular weight excluding hydrogens is 200 g/mol. The molecule has 1 N–H and O–H groups in total. The Morgan fingerprint density at radius 1 is 1.19 bits per heavy atom. The van der Waals surface area contributed by atoms with Crippen LogP contribution in [0.5, 0.6) is 0 Å². The molecule has 0 radical (unpaired) electrons. The van der Waals surface area contributed by atoms with Gasteiger partial charge in [0.25, 0.3) is 0 Å². The Morgan fingerprint density at radius 3 is 2.44 bits per heavy atom. The summed E-state index contributed by atoms with van der Waals surface area (Å²) < 4.78 is 0. The van der Waals surface area contributed by atoms with Gasteiger partial charge in [-0.3, -0.25) is 0 Å². The van der Waals surface area contributed by atoms with Gasteiger partial charge in [-0.25, -0.2) is 5.48 Å². The Morgan fingerprint density at radius 2 is 1.88 bits per heavy atom. The molecule has 0 saturated carbocycles. The number of nitrogens with zero attached hydrogens (tertiary/aromatic N) is 1. The van der Waals surface area contributed by atoms with E-state index in [0.717, 1.165) is 12.3 Å². The SMILES string of the molecule is C=C1N=C(CCCCCCC(C)(C)C)NO1. The molecule has 1 aliphatic rings. The van der Waals surface area contributed by atoms with E-state index in [9.17, 15) is 0 Å². The van der Waals surface area contributed by atoms with Crippen LogP contribution in [0.1, 0.15) is 59.3 Å². The van der Waals surface area contributed by atoms with Gasteiger partial charge in [0, 0.05) is 6.42 Å². The highest BCUT2D eigenvalue weighted by Gasteiger charge is 2.10. The van der Waals surface area contributed by atoms with Crippen molar-refractivity contribution in [3.63, 3.8) is 0 Å². The molecule has 0 spiro atoms. The van der Waals surface area contributed by atoms with Crippen LogP contribution < -0.4 is 5.48 Å². The van der Waals surface area contributed by atoms with Crippen LogP contribution in [-0.4, -0.2) is 5.84 Å². The van der Waals surface area contributed by atoms with E-state index < -0.39 is 0 Å². The second-order valence-corrected chi connectivity index (χ2v) is 5.63. The third-order valence-corrected chi connectivity index (χ3v) is 2.64. The van der Waals surface area contributed by atoms with Gasteiger partial charge in [-0.2, -0.15) is 4.99 Å². The van der Waals surface area contributed by atoms with Crippen LogP contribution in [0.3, 0.4) is 0 Å². The molecule has 1 heterocycles. The van der Waals surface area contributed by atoms with Gasteiger partial charge in [0.15, 0.2) is 0 Å². The zero-order chi connectivity index (χ0) is 12.0. The second-order valence-electron chi connectivity index (χ2n) is 5.63. The Bertz CT molecular complexity index is 264. The molecule has 0 atom stereocenters. The van der Waals surface area contributed by atoms with Gasteiger partial charge in [-0.15, -0.1) is 0 Å². The van der Waals surface area contributed by atoms with Crippen molar-refractivity contribution < 1.29 is 4.84 Å². The Balaban J connectivity index is 1.96. The summed E-state index contributed by atoms with van der Waals surface area (Å²) in [6.07, 6.45) is 7.36. The van der Waals surface area contributed by atoms with Gasteiger partial charge in [-0.05, 0) is 24.8 Å². The molecule has 0 aromatic heterocycles. The zero-order valence-electron chi connectivity index (χ0n) is 10.8. The molecule has 0 bridgehead atoms. The molecule has 0 aromatic rings. The lowest BCUT2D eigenvalue weighted by Crippen LogP contribution is -2.15. The number of hydroxylamine groups is 1. The molecule has 3 nitrogen and oxygen atoms in total. The number of aliphatic imine (C=N–C) groups is 1. The fourth-order valence-corrected chi connectivity index (χ4v) is 1.72. The average molecular weight is 224 g/mol. The van der Waals surface area contributed by atoms with Crippen LogP contribution in [0, 0.1) is 5.41 Å². The smallest absolute Gasteiger partial charge is 0.240 e. The minimum absolute atomic E-state index is 0.475. The predicted octanol–water partition coefficient (Wildman–Crippen LogP) is 3.78. The molecule has 0 amide bonds. The molecule has 0 aromatic carbocycles. The first-order chi connectivity index (χ1) is 7.47. The lowest BCUT2D eigenvalue weighted by atomic mass is 9.89. The van der Waals surface area contributed by atoms with Crippen molar-refractivity contribution in [3.05, 3.63) is 12.5 Å². The van der Waals surface area contributed by atoms with E-state index in [0.29, 0.717) is 11.3 Å². The first-order valence-electron chi connectivity index (χ1n) is 6.17. The summed E-state index contributed by atoms with van der Waals surface area (Å²) >= 11 is 0. The van der Waals surface area contributed by atoms with Crippen molar-refractivity contribution in [1.29, 1.82) is 0 Å². The molecule has 3 heteroatoms. The van der Waals surface area contributed by atoms with E-state index in [2.05, 4.69) is 37.8 Å². The van der Waals surface area contributed by atoms with Gasteiger partial charge in [-0.1, -0.05) is 40.0 Å². The Kier molecular flexibility index (Phi) is 4.84. The summed E-state index contributed by atoms with van der Waals surface area (Å²) in [7, 11) is 0. The van der Waals surface area contributed by atoms with E-state index in [4.69, 9.17) is 4.84 Å². The third-order valence-electron chi connectivity index (χ3n) is 2.64. The number of amidine groups is 1. The maximum Gasteiger partial charge on any atom is 0.240 e. The third kappa shape index (κ3) is 5.79. The summed E-state index contributed by atoms with van der Waals surface area (Å²) in [4.78, 5) is 9.07. The fraction of sp³-hybridized carbons (Fsp3) is 0.769. The van der Waals surface area contributed by atoms with E-state index in [1.54, 1.807) is 0 Å². The summed E-state index contributed by atoms with van der Waals surface area (Å²) in [6, 6.07) is 0. The van der Waals surface area contributed by atoms with Crippen LogP contribution >= 0.6 is 0 Å². The Hall–Kier alpha value is -0.990. The maximum atomic E-state index is 4.94. The number of unbranched alkanes of at least 4 members (excludes halogenated alkanes) is 3. The van der Waals surface area contributed by atoms with Crippen molar-refractivity contribution >= 4 is 5.84 Å². The number of nitrogens with one attached hydrogen (secondary N) is 1. The molecule has 1 rings (SSSR count). The normalized spacial score (nSPS) is 15.7. The number of hydrogen-bond donors (Lipinski definition) is 1. The van der Waals surface area contributed by atoms with Gasteiger partial charge < -0.3 is 4.84 Å². The highest BCUT2D eigenvalue weighted by atomic mass is 16.7. The van der Waals surface area contributed by atoms with Crippen molar-refractivity contribution in [1.82, 2.24) is 5.48 Å². The minimum atomic E-state index is 0.475. The van der Waals surface area contributed by atoms with Crippen molar-refractivity contribution in [2.75, 3.05) is 0 Å². The number of hydrogen-bond acceptors (Lipinski definition) is 3. The van der Waals surface area contributed by atoms with Crippen LogP contribution in [0.4, 0.5) is 0 Å². The van der Waals surface area contributed by atoms with E-state index in [1.807, 2.05) is 0 Å². The first kappa shape index (κ1) is 13.1. The molecule has 0 fully saturated rings. The largest absolute Gasteiger partial charge is 0.361 e. The summed E-state index contributed by atoms with van der Waals surface area (Å²) in [5.41, 5.74) is 3.25. The average Bonchev–Trinajstić information content (AvgIpc) is 2.56. The first-order valence-corrected chi connectivity index (χ1v) is 6.17. The summed E-state index contributed by atoms with van der Waals surface area (Å²) in [6.45, 7) is 10.5. The zero-order valence-corrected chi connectivity index (χ0v) is 10.8. The molecule has 92 valence electrons. The monoisotopic (exact) mass is 224 g/mol. The summed E-state index contributed by atoms with van der Waals surface area (Å²) in [5, 5.41) is 0. The highest BCUT2D eigenvalue weighted by Crippen LogP contribution is 2.22. The standard InChI is InChI=1S/C13H24N2O/c1-11-14-12(15-16-11)9-7-5-6-8-10-13(2,3)4/h1,5-10H2,2-4H3,(H,14,15). The van der Waals surface area contributed by atoms with Crippen molar-refractivity contribution in [3.8, 4) is 0 Å². The van der Waals surface area contributed by atoms with E-state index in [1.165, 1.54) is 32.1 Å². The van der Waals surface area contributed by atoms with Gasteiger partial charge in [0.05, 0.1) is 0 Å². The molecule has 16 heavy (non-hydrogen) atoms. The van der Waals surface area contributed by atoms with Crippen LogP contribution in [-0.2, 0) is 4.84 Å². The second kappa shape index (κ2) is 5.92. The van der Waals surface area contributed by atoms with Crippen LogP contribution in [0.15, 0.2) is 17.5 Å². The fourth-order valence-electron chi connectivity index (χ4n) is 1.72. The summed E-state index contributed by atoms with van der Waals surface area (Å²) in [5.74, 6) is 1.39. The van der Waals surface area contributed by atoms with Crippen molar-refractivity contribution in [2.45, 2.75) is 59.3 Å². The van der Waals surface area contributed by atoms with E-state index in [-0.39, 0.29) is 0 Å². The van der Waals surface area contributed by atoms with Gasteiger partial charge in [0.1, 0.15) is 5.84 Å². The van der Waals surface area contributed by atoms with E-state index >= 15 is 0 Å². The van der Waals surface area contributed by atoms with Crippen molar-refractivity contribution in [2.24, 2.45) is 10.4 Å². The Labute approximate surface area is 98.9 Å². The number of rotatable bonds is 6. The highest BCUT2D eigenvalue weighted by molar-refractivity contribution is 5.83.